The monoisotopic (exact) mass is 485 g/mol. The van der Waals surface area contributed by atoms with Gasteiger partial charge in [-0.15, -0.1) is 0 Å². The predicted molar refractivity (Wildman–Crippen MR) is 116 cm³/mol. The van der Waals surface area contributed by atoms with Crippen LogP contribution in [0.2, 0.25) is 0 Å². The Bertz CT molecular complexity index is 988. The van der Waals surface area contributed by atoms with Crippen molar-refractivity contribution in [1.29, 1.82) is 0 Å². The van der Waals surface area contributed by atoms with Gasteiger partial charge in [-0.05, 0) is 93.2 Å². The van der Waals surface area contributed by atoms with Gasteiger partial charge in [-0.25, -0.2) is 4.79 Å². The molecule has 0 fully saturated rings. The minimum atomic E-state index is -0.405. The second-order valence-corrected chi connectivity index (χ2v) is 7.88. The van der Waals surface area contributed by atoms with Crippen LogP contribution in [0.25, 0.3) is 0 Å². The summed E-state index contributed by atoms with van der Waals surface area (Å²) in [4.78, 5) is 16.9. The summed E-state index contributed by atoms with van der Waals surface area (Å²) in [7, 11) is 0. The molecule has 0 spiro atoms. The molecular formula is C22H17Br2NO2. The lowest BCUT2D eigenvalue weighted by Gasteiger charge is -2.10. The first-order valence-corrected chi connectivity index (χ1v) is 9.89. The van der Waals surface area contributed by atoms with Gasteiger partial charge in [0.15, 0.2) is 5.75 Å². The van der Waals surface area contributed by atoms with E-state index in [4.69, 9.17) is 4.74 Å². The lowest BCUT2D eigenvalue weighted by Crippen LogP contribution is -2.09. The number of hydrogen-bond donors (Lipinski definition) is 0. The van der Waals surface area contributed by atoms with Crippen LogP contribution in [0.1, 0.15) is 27.0 Å². The smallest absolute Gasteiger partial charge is 0.343 e. The Kier molecular flexibility index (Phi) is 6.24. The maximum absolute atomic E-state index is 12.4. The first kappa shape index (κ1) is 19.5. The van der Waals surface area contributed by atoms with Gasteiger partial charge >= 0.3 is 5.97 Å². The summed E-state index contributed by atoms with van der Waals surface area (Å²) in [5.41, 5.74) is 4.52. The highest BCUT2D eigenvalue weighted by molar-refractivity contribution is 9.11. The second-order valence-electron chi connectivity index (χ2n) is 6.17. The van der Waals surface area contributed by atoms with Crippen LogP contribution >= 0.6 is 31.9 Å². The highest BCUT2D eigenvalue weighted by atomic mass is 79.9. The zero-order valence-electron chi connectivity index (χ0n) is 14.9. The molecule has 0 atom stereocenters. The zero-order chi connectivity index (χ0) is 19.4. The average molecular weight is 487 g/mol. The van der Waals surface area contributed by atoms with Crippen LogP contribution in [0.4, 0.5) is 5.69 Å². The van der Waals surface area contributed by atoms with E-state index >= 15 is 0 Å². The topological polar surface area (TPSA) is 38.7 Å². The molecule has 0 unspecified atom stereocenters. The molecule has 3 aromatic rings. The summed E-state index contributed by atoms with van der Waals surface area (Å²) in [5.74, 6) is 0.0332. The van der Waals surface area contributed by atoms with Crippen LogP contribution in [0.5, 0.6) is 5.75 Å². The molecule has 0 aliphatic heterocycles. The lowest BCUT2D eigenvalue weighted by atomic mass is 10.1. The Balaban J connectivity index is 1.80. The number of rotatable bonds is 4. The van der Waals surface area contributed by atoms with E-state index in [0.29, 0.717) is 20.3 Å². The average Bonchev–Trinajstić information content (AvgIpc) is 2.63. The van der Waals surface area contributed by atoms with Crippen molar-refractivity contribution in [3.63, 3.8) is 0 Å². The molecule has 3 rings (SSSR count). The molecule has 0 saturated heterocycles. The van der Waals surface area contributed by atoms with Crippen molar-refractivity contribution in [2.24, 2.45) is 4.99 Å². The Morgan fingerprint density at radius 2 is 1.59 bits per heavy atom. The van der Waals surface area contributed by atoms with E-state index in [1.807, 2.05) is 62.4 Å². The van der Waals surface area contributed by atoms with Gasteiger partial charge in [-0.3, -0.25) is 4.99 Å². The lowest BCUT2D eigenvalue weighted by molar-refractivity contribution is 0.0732. The minimum Gasteiger partial charge on any atom is -0.421 e. The number of ether oxygens (including phenoxy) is 1. The normalized spacial score (nSPS) is 11.0. The number of aliphatic imine (C=N–C) groups is 1. The van der Waals surface area contributed by atoms with Crippen LogP contribution in [-0.4, -0.2) is 12.2 Å². The van der Waals surface area contributed by atoms with Crippen LogP contribution in [0.15, 0.2) is 74.6 Å². The zero-order valence-corrected chi connectivity index (χ0v) is 18.0. The summed E-state index contributed by atoms with van der Waals surface area (Å²) in [6.45, 7) is 4.00. The molecule has 136 valence electrons. The summed E-state index contributed by atoms with van der Waals surface area (Å²) < 4.78 is 6.90. The number of hydrogen-bond acceptors (Lipinski definition) is 3. The largest absolute Gasteiger partial charge is 0.421 e. The molecule has 0 aliphatic carbocycles. The summed E-state index contributed by atoms with van der Waals surface area (Å²) in [5, 5.41) is 0. The van der Waals surface area contributed by atoms with E-state index in [9.17, 15) is 4.79 Å². The van der Waals surface area contributed by atoms with Crippen LogP contribution in [-0.2, 0) is 0 Å². The third-order valence-electron chi connectivity index (χ3n) is 3.87. The fourth-order valence-corrected chi connectivity index (χ4v) is 3.83. The van der Waals surface area contributed by atoms with Gasteiger partial charge in [0.05, 0.1) is 20.2 Å². The summed E-state index contributed by atoms with van der Waals surface area (Å²) in [6.07, 6.45) is 1.77. The van der Waals surface area contributed by atoms with E-state index in [1.54, 1.807) is 18.3 Å². The van der Waals surface area contributed by atoms with Crippen LogP contribution in [0, 0.1) is 13.8 Å². The van der Waals surface area contributed by atoms with E-state index < -0.39 is 5.97 Å². The Labute approximate surface area is 175 Å². The van der Waals surface area contributed by atoms with Gasteiger partial charge in [-0.1, -0.05) is 29.8 Å². The van der Waals surface area contributed by atoms with E-state index in [2.05, 4.69) is 36.9 Å². The first-order valence-electron chi connectivity index (χ1n) is 8.31. The van der Waals surface area contributed by atoms with Crippen molar-refractivity contribution in [2.75, 3.05) is 0 Å². The van der Waals surface area contributed by atoms with Crippen molar-refractivity contribution in [1.82, 2.24) is 0 Å². The number of benzene rings is 3. The fourth-order valence-electron chi connectivity index (χ4n) is 2.45. The highest BCUT2D eigenvalue weighted by Gasteiger charge is 2.14. The number of carbonyl (C=O) groups is 1. The highest BCUT2D eigenvalue weighted by Crippen LogP contribution is 2.35. The van der Waals surface area contributed by atoms with Crippen molar-refractivity contribution in [2.45, 2.75) is 13.8 Å². The molecule has 0 saturated carbocycles. The summed E-state index contributed by atoms with van der Waals surface area (Å²) in [6, 6.07) is 19.0. The van der Waals surface area contributed by atoms with Gasteiger partial charge in [-0.2, -0.15) is 0 Å². The first-order chi connectivity index (χ1) is 12.9. The van der Waals surface area contributed by atoms with Crippen molar-refractivity contribution < 1.29 is 9.53 Å². The molecule has 5 heteroatoms. The van der Waals surface area contributed by atoms with Crippen LogP contribution in [0.3, 0.4) is 0 Å². The maximum Gasteiger partial charge on any atom is 0.343 e. The van der Waals surface area contributed by atoms with Gasteiger partial charge in [0.2, 0.25) is 0 Å². The molecule has 0 amide bonds. The predicted octanol–water partition coefficient (Wildman–Crippen LogP) is 6.80. The van der Waals surface area contributed by atoms with Gasteiger partial charge < -0.3 is 4.74 Å². The third-order valence-corrected chi connectivity index (χ3v) is 5.05. The molecule has 0 radical (unpaired) electrons. The van der Waals surface area contributed by atoms with E-state index in [-0.39, 0.29) is 0 Å². The molecule has 0 aromatic heterocycles. The number of aryl methyl sites for hydroxylation is 2. The molecule has 27 heavy (non-hydrogen) atoms. The van der Waals surface area contributed by atoms with Gasteiger partial charge in [0, 0.05) is 6.21 Å². The second kappa shape index (κ2) is 8.63. The SMILES string of the molecule is Cc1ccc(C(=O)Oc2c(Br)cc(C=Nc3cccc(C)c3)cc2Br)cc1. The Morgan fingerprint density at radius 1 is 0.926 bits per heavy atom. The molecule has 3 aromatic carbocycles. The molecule has 0 bridgehead atoms. The van der Waals surface area contributed by atoms with E-state index in [0.717, 1.165) is 22.4 Å². The number of carbonyl (C=O) groups excluding carboxylic acids is 1. The quantitative estimate of drug-likeness (QED) is 0.231. The molecule has 0 N–H and O–H groups in total. The number of esters is 1. The van der Waals surface area contributed by atoms with Crippen molar-refractivity contribution >= 4 is 49.7 Å². The van der Waals surface area contributed by atoms with Crippen molar-refractivity contribution in [3.05, 3.63) is 91.9 Å². The van der Waals surface area contributed by atoms with Gasteiger partial charge in [0.25, 0.3) is 0 Å². The number of halogens is 2. The Hall–Kier alpha value is -2.24. The fraction of sp³-hybridized carbons (Fsp3) is 0.0909. The minimum absolute atomic E-state index is 0.405. The van der Waals surface area contributed by atoms with Gasteiger partial charge in [0.1, 0.15) is 0 Å². The van der Waals surface area contributed by atoms with Crippen molar-refractivity contribution in [3.8, 4) is 5.75 Å². The maximum atomic E-state index is 12.4. The summed E-state index contributed by atoms with van der Waals surface area (Å²) >= 11 is 6.96. The van der Waals surface area contributed by atoms with E-state index in [1.165, 1.54) is 0 Å². The Morgan fingerprint density at radius 3 is 2.22 bits per heavy atom. The molecule has 3 nitrogen and oxygen atoms in total. The number of nitrogens with zero attached hydrogens (tertiary/aromatic N) is 1. The third kappa shape index (κ3) is 5.15. The molecule has 0 heterocycles. The van der Waals surface area contributed by atoms with Crippen LogP contribution < -0.4 is 4.74 Å². The molecule has 0 aliphatic rings. The molecular weight excluding hydrogens is 470 g/mol. The standard InChI is InChI=1S/C22H17Br2NO2/c1-14-6-8-17(9-7-14)22(26)27-21-19(23)11-16(12-20(21)24)13-25-18-5-3-4-15(2)10-18/h3-13H,1-2H3.